The number of benzene rings is 3. The highest BCUT2D eigenvalue weighted by atomic mass is 16.7. The van der Waals surface area contributed by atoms with E-state index in [-0.39, 0.29) is 31.1 Å². The molecule has 1 fully saturated rings. The molecule has 0 saturated carbocycles. The monoisotopic (exact) mass is 643 g/mol. The maximum absolute atomic E-state index is 14.2. The van der Waals surface area contributed by atoms with Gasteiger partial charge in [0.1, 0.15) is 24.9 Å². The molecule has 3 atom stereocenters. The lowest BCUT2D eigenvalue weighted by Crippen LogP contribution is -2.64. The highest BCUT2D eigenvalue weighted by Crippen LogP contribution is 2.35. The van der Waals surface area contributed by atoms with E-state index in [1.807, 2.05) is 24.3 Å². The van der Waals surface area contributed by atoms with Gasteiger partial charge in [-0.2, -0.15) is 0 Å². The van der Waals surface area contributed by atoms with Gasteiger partial charge in [0.2, 0.25) is 12.7 Å². The highest BCUT2D eigenvalue weighted by molar-refractivity contribution is 5.95. The summed E-state index contributed by atoms with van der Waals surface area (Å²) >= 11 is 0. The zero-order valence-corrected chi connectivity index (χ0v) is 26.9. The Balaban J connectivity index is 1.44. The molecule has 3 aromatic carbocycles. The Morgan fingerprint density at radius 1 is 1.06 bits per heavy atom. The van der Waals surface area contributed by atoms with Crippen molar-refractivity contribution in [3.8, 4) is 17.2 Å². The minimum Gasteiger partial charge on any atom is -0.508 e. The van der Waals surface area contributed by atoms with E-state index in [1.54, 1.807) is 67.3 Å². The van der Waals surface area contributed by atoms with Crippen LogP contribution in [0.3, 0.4) is 0 Å². The number of ether oxygens (including phenoxy) is 3. The minimum atomic E-state index is -0.973. The van der Waals surface area contributed by atoms with E-state index in [0.29, 0.717) is 53.3 Å². The van der Waals surface area contributed by atoms with Crippen molar-refractivity contribution in [3.63, 3.8) is 0 Å². The normalized spacial score (nSPS) is 19.1. The van der Waals surface area contributed by atoms with Crippen molar-refractivity contribution in [1.29, 1.82) is 0 Å². The summed E-state index contributed by atoms with van der Waals surface area (Å²) in [6.07, 6.45) is 3.29. The number of nitrogens with zero attached hydrogens (tertiary/aromatic N) is 2. The molecule has 0 radical (unpaired) electrons. The Morgan fingerprint density at radius 2 is 1.77 bits per heavy atom. The average Bonchev–Trinajstić information content (AvgIpc) is 3.50. The van der Waals surface area contributed by atoms with Crippen molar-refractivity contribution < 1.29 is 38.2 Å². The van der Waals surface area contributed by atoms with Crippen LogP contribution in [-0.4, -0.2) is 77.0 Å². The molecule has 1 unspecified atom stereocenters. The molecule has 0 aromatic heterocycles. The Labute approximate surface area is 275 Å². The van der Waals surface area contributed by atoms with Crippen molar-refractivity contribution in [2.45, 2.75) is 57.8 Å². The molecule has 2 aliphatic rings. The number of likely N-dealkylation sites (tertiary alicyclic amines) is 1. The summed E-state index contributed by atoms with van der Waals surface area (Å²) in [5.41, 5.74) is 8.67. The van der Waals surface area contributed by atoms with Crippen LogP contribution >= 0.6 is 0 Å². The quantitative estimate of drug-likeness (QED) is 0.144. The van der Waals surface area contributed by atoms with Gasteiger partial charge in [0.25, 0.3) is 0 Å². The number of carbonyl (C=O) groups excluding carboxylic acids is 3. The van der Waals surface area contributed by atoms with Crippen LogP contribution in [0.15, 0.2) is 79.4 Å². The molecule has 11 nitrogen and oxygen atoms in total. The number of nitrogens with two attached hydrogens (primary N) is 1. The highest BCUT2D eigenvalue weighted by Gasteiger charge is 2.42. The first-order valence-corrected chi connectivity index (χ1v) is 15.9. The van der Waals surface area contributed by atoms with Gasteiger partial charge >= 0.3 is 12.0 Å². The smallest absolute Gasteiger partial charge is 0.338 e. The number of urea groups is 1. The molecular weight excluding hydrogens is 600 g/mol. The largest absolute Gasteiger partial charge is 0.508 e. The molecule has 47 heavy (non-hydrogen) atoms. The number of hydrogen-bond acceptors (Lipinski definition) is 7. The number of nitrogens with one attached hydrogen (secondary N) is 1. The number of amides is 3. The van der Waals surface area contributed by atoms with Gasteiger partial charge < -0.3 is 39.8 Å². The number of carbonyl (C=O) groups is 3. The molecule has 0 aliphatic carbocycles. The van der Waals surface area contributed by atoms with Gasteiger partial charge in [0.05, 0.1) is 30.8 Å². The summed E-state index contributed by atoms with van der Waals surface area (Å²) in [5, 5.41) is 12.8. The van der Waals surface area contributed by atoms with Crippen molar-refractivity contribution >= 4 is 23.6 Å². The Bertz CT molecular complexity index is 1590. The number of primary amides is 1. The second-order valence-corrected chi connectivity index (χ2v) is 12.5. The molecular formula is C36H43N4O7+. The van der Waals surface area contributed by atoms with Crippen LogP contribution in [0.2, 0.25) is 0 Å². The van der Waals surface area contributed by atoms with Crippen molar-refractivity contribution in [1.82, 2.24) is 4.90 Å². The number of phenols is 1. The van der Waals surface area contributed by atoms with Gasteiger partial charge in [0.15, 0.2) is 11.5 Å². The molecule has 4 N–H and O–H groups in total. The fourth-order valence-electron chi connectivity index (χ4n) is 6.51. The summed E-state index contributed by atoms with van der Waals surface area (Å²) < 4.78 is 17.0. The van der Waals surface area contributed by atoms with Gasteiger partial charge in [-0.25, -0.2) is 9.59 Å². The molecule has 2 aliphatic heterocycles. The molecule has 3 amide bonds. The second kappa shape index (κ2) is 14.6. The van der Waals surface area contributed by atoms with Crippen molar-refractivity contribution in [3.05, 3.63) is 96.1 Å². The zero-order chi connectivity index (χ0) is 33.6. The first kappa shape index (κ1) is 33.3. The Morgan fingerprint density at radius 3 is 2.45 bits per heavy atom. The van der Waals surface area contributed by atoms with E-state index in [9.17, 15) is 19.5 Å². The maximum Gasteiger partial charge on any atom is 0.338 e. The fraction of sp³-hybridized carbons (Fsp3) is 0.361. The number of anilines is 1. The Hall–Kier alpha value is -5.03. The summed E-state index contributed by atoms with van der Waals surface area (Å²) in [7, 11) is 0. The predicted octanol–water partition coefficient (Wildman–Crippen LogP) is 4.98. The van der Waals surface area contributed by atoms with E-state index >= 15 is 0 Å². The third-order valence-corrected chi connectivity index (χ3v) is 8.61. The lowest BCUT2D eigenvalue weighted by atomic mass is 9.95. The summed E-state index contributed by atoms with van der Waals surface area (Å²) in [4.78, 5) is 41.3. The average molecular weight is 644 g/mol. The van der Waals surface area contributed by atoms with Crippen LogP contribution in [0, 0.1) is 0 Å². The number of quaternary nitrogens is 1. The van der Waals surface area contributed by atoms with Crippen LogP contribution in [0.1, 0.15) is 48.2 Å². The SMILES string of the molecule is C=CC[N+]1(Cc2ccc3c(c2)OCO3)CCC[C@@H](N(C(=O)Nc2ccc(C(=O)OC(C)C)cc2)[C@@H](Cc2ccc(O)cc2)C(N)=O)C1. The first-order chi connectivity index (χ1) is 22.6. The van der Waals surface area contributed by atoms with Gasteiger partial charge in [-0.1, -0.05) is 18.7 Å². The minimum absolute atomic E-state index is 0.0991. The number of esters is 1. The standard InChI is InChI=1S/C36H42N4O7/c1-4-17-40(21-26-9-16-32-33(20-26)46-23-45-32)18-5-6-29(22-40)39(31(34(37)42)19-25-7-14-30(41)15-8-25)36(44)38-28-12-10-27(11-13-28)35(43)47-24(2)3/h4,7-16,20,24,29,31H,1,5-6,17-19,21-23H2,2-3H3,(H3-,37,38,41,42,43,44)/p+1/t29-,31+,40?/m1/s1. The topological polar surface area (TPSA) is 140 Å². The molecule has 11 heteroatoms. The Kier molecular flexibility index (Phi) is 10.4. The molecule has 5 rings (SSSR count). The van der Waals surface area contributed by atoms with E-state index < -0.39 is 23.9 Å². The maximum atomic E-state index is 14.2. The zero-order valence-electron chi connectivity index (χ0n) is 26.9. The summed E-state index contributed by atoms with van der Waals surface area (Å²) in [6.45, 7) is 10.5. The number of fused-ring (bicyclic) bond motifs is 1. The molecule has 3 aromatic rings. The molecule has 1 saturated heterocycles. The van der Waals surface area contributed by atoms with Crippen LogP contribution in [-0.2, 0) is 22.5 Å². The summed E-state index contributed by atoms with van der Waals surface area (Å²) in [5.74, 6) is 0.431. The number of piperidine rings is 1. The van der Waals surface area contributed by atoms with E-state index in [1.165, 1.54) is 0 Å². The van der Waals surface area contributed by atoms with E-state index in [0.717, 1.165) is 24.1 Å². The lowest BCUT2D eigenvalue weighted by Gasteiger charge is -2.48. The third-order valence-electron chi connectivity index (χ3n) is 8.61. The number of aromatic hydroxyl groups is 1. The molecule has 2 heterocycles. The number of phenolic OH excluding ortho intramolecular Hbond substituents is 1. The van der Waals surface area contributed by atoms with Gasteiger partial charge in [-0.3, -0.25) is 4.79 Å². The second-order valence-electron chi connectivity index (χ2n) is 12.5. The first-order valence-electron chi connectivity index (χ1n) is 15.9. The molecule has 248 valence electrons. The lowest BCUT2D eigenvalue weighted by molar-refractivity contribution is -0.941. The van der Waals surface area contributed by atoms with Crippen molar-refractivity contribution in [2.75, 3.05) is 31.7 Å². The van der Waals surface area contributed by atoms with E-state index in [2.05, 4.69) is 11.9 Å². The molecule has 0 spiro atoms. The van der Waals surface area contributed by atoms with E-state index in [4.69, 9.17) is 19.9 Å². The summed E-state index contributed by atoms with van der Waals surface area (Å²) in [6, 6.07) is 17.1. The van der Waals surface area contributed by atoms with Gasteiger partial charge in [-0.05, 0) is 92.9 Å². The molecule has 0 bridgehead atoms. The third kappa shape index (κ3) is 8.23. The fourth-order valence-corrected chi connectivity index (χ4v) is 6.51. The van der Waals surface area contributed by atoms with Crippen LogP contribution in [0.25, 0.3) is 0 Å². The van der Waals surface area contributed by atoms with Crippen LogP contribution in [0.4, 0.5) is 10.5 Å². The van der Waals surface area contributed by atoms with Gasteiger partial charge in [0, 0.05) is 17.7 Å². The number of hydrogen-bond donors (Lipinski definition) is 3. The van der Waals surface area contributed by atoms with Gasteiger partial charge in [-0.15, -0.1) is 0 Å². The van der Waals surface area contributed by atoms with Crippen LogP contribution in [0.5, 0.6) is 17.2 Å². The predicted molar refractivity (Wildman–Crippen MR) is 177 cm³/mol. The van der Waals surface area contributed by atoms with Crippen LogP contribution < -0.4 is 20.5 Å². The van der Waals surface area contributed by atoms with Crippen molar-refractivity contribution in [2.24, 2.45) is 5.73 Å². The number of rotatable bonds is 12.